The molecule has 20 heavy (non-hydrogen) atoms. The van der Waals surface area contributed by atoms with E-state index in [1.165, 1.54) is 83.5 Å². The lowest BCUT2D eigenvalue weighted by Crippen LogP contribution is -2.20. The Morgan fingerprint density at radius 1 is 0.700 bits per heavy atom. The van der Waals surface area contributed by atoms with Crippen LogP contribution < -0.4 is 0 Å². The molecule has 0 radical (unpaired) electrons. The summed E-state index contributed by atoms with van der Waals surface area (Å²) in [5, 5.41) is 0.414. The lowest BCUT2D eigenvalue weighted by molar-refractivity contribution is 0.406. The smallest absolute Gasteiger partial charge is 0.0181 e. The van der Waals surface area contributed by atoms with Gasteiger partial charge in [-0.1, -0.05) is 105 Å². The molecule has 0 bridgehead atoms. The quantitative estimate of drug-likeness (QED) is 0.232. The zero-order chi connectivity index (χ0) is 15.3. The molecule has 0 aliphatic rings. The zero-order valence-corrected chi connectivity index (χ0v) is 16.0. The van der Waals surface area contributed by atoms with Crippen molar-refractivity contribution in [2.24, 2.45) is 5.92 Å². The molecule has 0 saturated carbocycles. The molecule has 0 heterocycles. The molecule has 122 valence electrons. The summed E-state index contributed by atoms with van der Waals surface area (Å²) < 4.78 is 0. The summed E-state index contributed by atoms with van der Waals surface area (Å²) in [7, 11) is 3.00. The van der Waals surface area contributed by atoms with Crippen LogP contribution in [0.15, 0.2) is 0 Å². The van der Waals surface area contributed by atoms with Crippen LogP contribution >= 0.6 is 9.24 Å². The molecular weight excluding hydrogens is 259 g/mol. The molecule has 0 amide bonds. The lowest BCUT2D eigenvalue weighted by Gasteiger charge is -2.26. The van der Waals surface area contributed by atoms with Crippen LogP contribution in [0, 0.1) is 5.92 Å². The van der Waals surface area contributed by atoms with Crippen molar-refractivity contribution < 1.29 is 0 Å². The van der Waals surface area contributed by atoms with Crippen LogP contribution in [0.3, 0.4) is 0 Å². The van der Waals surface area contributed by atoms with E-state index in [0.29, 0.717) is 5.16 Å². The van der Waals surface area contributed by atoms with Crippen LogP contribution in [0.2, 0.25) is 0 Å². The molecule has 0 N–H and O–H groups in total. The predicted molar refractivity (Wildman–Crippen MR) is 98.6 cm³/mol. The summed E-state index contributed by atoms with van der Waals surface area (Å²) in [5.74, 6) is 0.829. The number of rotatable bonds is 14. The molecular formula is C19H41P. The second-order valence-corrected chi connectivity index (χ2v) is 8.89. The summed E-state index contributed by atoms with van der Waals surface area (Å²) in [6, 6.07) is 0. The van der Waals surface area contributed by atoms with Crippen molar-refractivity contribution in [2.75, 3.05) is 0 Å². The predicted octanol–water partition coefficient (Wildman–Crippen LogP) is 7.37. The summed E-state index contributed by atoms with van der Waals surface area (Å²) in [4.78, 5) is 0. The molecule has 0 aliphatic carbocycles. The molecule has 0 spiro atoms. The third kappa shape index (κ3) is 13.4. The minimum atomic E-state index is 0.414. The highest BCUT2D eigenvalue weighted by molar-refractivity contribution is 7.18. The number of unbranched alkanes of at least 4 members (excludes halogenated alkanes) is 11. The van der Waals surface area contributed by atoms with Gasteiger partial charge in [-0.2, -0.15) is 0 Å². The Bertz CT molecular complexity index is 192. The molecule has 2 unspecified atom stereocenters. The highest BCUT2D eigenvalue weighted by Crippen LogP contribution is 2.30. The van der Waals surface area contributed by atoms with E-state index in [1.54, 1.807) is 0 Å². The fourth-order valence-electron chi connectivity index (χ4n) is 2.66. The molecule has 2 atom stereocenters. The topological polar surface area (TPSA) is 0 Å². The normalized spacial score (nSPS) is 13.7. The minimum absolute atomic E-state index is 0.414. The van der Waals surface area contributed by atoms with Crippen LogP contribution in [-0.4, -0.2) is 5.16 Å². The largest absolute Gasteiger partial charge is 0.131 e. The van der Waals surface area contributed by atoms with Gasteiger partial charge < -0.3 is 0 Å². The first-order chi connectivity index (χ1) is 9.48. The van der Waals surface area contributed by atoms with Crippen LogP contribution in [0.25, 0.3) is 0 Å². The molecule has 0 aromatic rings. The van der Waals surface area contributed by atoms with Crippen LogP contribution in [0.4, 0.5) is 0 Å². The summed E-state index contributed by atoms with van der Waals surface area (Å²) in [5.41, 5.74) is 0. The van der Waals surface area contributed by atoms with Crippen molar-refractivity contribution in [3.63, 3.8) is 0 Å². The van der Waals surface area contributed by atoms with Crippen molar-refractivity contribution in [3.05, 3.63) is 0 Å². The van der Waals surface area contributed by atoms with Gasteiger partial charge >= 0.3 is 0 Å². The van der Waals surface area contributed by atoms with Gasteiger partial charge in [0.1, 0.15) is 0 Å². The highest BCUT2D eigenvalue weighted by Gasteiger charge is 2.19. The standard InChI is InChI=1S/C19H41P/c1-5-6-7-8-9-10-11-12-13-14-15-16-17-18(2)19(3,4)20/h18H,5-17,20H2,1-4H3. The van der Waals surface area contributed by atoms with Crippen molar-refractivity contribution in [2.45, 2.75) is 116 Å². The van der Waals surface area contributed by atoms with E-state index >= 15 is 0 Å². The number of hydrogen-bond donors (Lipinski definition) is 0. The average Bonchev–Trinajstić information content (AvgIpc) is 2.38. The van der Waals surface area contributed by atoms with Crippen molar-refractivity contribution in [1.82, 2.24) is 0 Å². The van der Waals surface area contributed by atoms with Crippen LogP contribution in [-0.2, 0) is 0 Å². The maximum Gasteiger partial charge on any atom is -0.0181 e. The van der Waals surface area contributed by atoms with Gasteiger partial charge in [-0.15, -0.1) is 9.24 Å². The van der Waals surface area contributed by atoms with E-state index < -0.39 is 0 Å². The van der Waals surface area contributed by atoms with Gasteiger partial charge in [-0.3, -0.25) is 0 Å². The monoisotopic (exact) mass is 300 g/mol. The summed E-state index contributed by atoms with van der Waals surface area (Å²) in [6.07, 6.45) is 18.8. The molecule has 0 aromatic heterocycles. The fourth-order valence-corrected chi connectivity index (χ4v) is 2.83. The maximum atomic E-state index is 3.00. The van der Waals surface area contributed by atoms with E-state index in [4.69, 9.17) is 0 Å². The number of hydrogen-bond acceptors (Lipinski definition) is 0. The fraction of sp³-hybridized carbons (Fsp3) is 1.00. The summed E-state index contributed by atoms with van der Waals surface area (Å²) in [6.45, 7) is 9.36. The molecule has 0 nitrogen and oxygen atoms in total. The van der Waals surface area contributed by atoms with Gasteiger partial charge in [-0.25, -0.2) is 0 Å². The lowest BCUT2D eigenvalue weighted by atomic mass is 9.91. The van der Waals surface area contributed by atoms with Crippen molar-refractivity contribution in [3.8, 4) is 0 Å². The third-order valence-corrected chi connectivity index (χ3v) is 5.33. The molecule has 1 heteroatoms. The second kappa shape index (κ2) is 13.1. The molecule has 0 aromatic carbocycles. The van der Waals surface area contributed by atoms with Gasteiger partial charge in [0.2, 0.25) is 0 Å². The Morgan fingerprint density at radius 2 is 1.05 bits per heavy atom. The molecule has 0 aliphatic heterocycles. The Morgan fingerprint density at radius 3 is 1.40 bits per heavy atom. The SMILES string of the molecule is CCCCCCCCCCCCCCC(C)C(C)(C)P. The first-order valence-electron chi connectivity index (χ1n) is 9.27. The summed E-state index contributed by atoms with van der Waals surface area (Å²) >= 11 is 0. The van der Waals surface area contributed by atoms with Crippen molar-refractivity contribution in [1.29, 1.82) is 0 Å². The Kier molecular flexibility index (Phi) is 13.4. The Hall–Kier alpha value is 0.430. The van der Waals surface area contributed by atoms with Crippen molar-refractivity contribution >= 4 is 9.24 Å². The highest BCUT2D eigenvalue weighted by atomic mass is 31.0. The minimum Gasteiger partial charge on any atom is -0.131 e. The van der Waals surface area contributed by atoms with Gasteiger partial charge in [0.15, 0.2) is 0 Å². The second-order valence-electron chi connectivity index (χ2n) is 7.40. The molecule has 0 saturated heterocycles. The average molecular weight is 301 g/mol. The first-order valence-corrected chi connectivity index (χ1v) is 9.85. The third-order valence-electron chi connectivity index (χ3n) is 4.76. The van der Waals surface area contributed by atoms with E-state index in [2.05, 4.69) is 36.9 Å². The van der Waals surface area contributed by atoms with Gasteiger partial charge in [0.05, 0.1) is 0 Å². The maximum absolute atomic E-state index is 3.00. The molecule has 0 rings (SSSR count). The zero-order valence-electron chi connectivity index (χ0n) is 14.8. The van der Waals surface area contributed by atoms with Gasteiger partial charge in [-0.05, 0) is 17.5 Å². The van der Waals surface area contributed by atoms with Crippen LogP contribution in [0.5, 0.6) is 0 Å². The van der Waals surface area contributed by atoms with Crippen LogP contribution in [0.1, 0.15) is 111 Å². The van der Waals surface area contributed by atoms with E-state index in [-0.39, 0.29) is 0 Å². The first kappa shape index (κ1) is 20.4. The van der Waals surface area contributed by atoms with Gasteiger partial charge in [0, 0.05) is 0 Å². The Labute approximate surface area is 132 Å². The van der Waals surface area contributed by atoms with Gasteiger partial charge in [0.25, 0.3) is 0 Å². The van der Waals surface area contributed by atoms with E-state index in [0.717, 1.165) is 5.92 Å². The Balaban J connectivity index is 3.14. The van der Waals surface area contributed by atoms with E-state index in [1.807, 2.05) is 0 Å². The molecule has 0 fully saturated rings. The van der Waals surface area contributed by atoms with E-state index in [9.17, 15) is 0 Å².